The normalized spacial score (nSPS) is 12.1. The number of aliphatic hydroxyl groups is 1. The topological polar surface area (TPSA) is 124 Å². The predicted octanol–water partition coefficient (Wildman–Crippen LogP) is 3.92. The number of nitrogens with one attached hydrogen (secondary N) is 2. The number of nitrogens with zero attached hydrogens (tertiary/aromatic N) is 4. The van der Waals surface area contributed by atoms with Crippen LogP contribution in [0.25, 0.3) is 20.8 Å². The Kier molecular flexibility index (Phi) is 12.8. The zero-order valence-corrected chi connectivity index (χ0v) is 24.0. The molecule has 208 valence electrons. The molecule has 3 N–H and O–H groups in total. The van der Waals surface area contributed by atoms with E-state index >= 15 is 0 Å². The van der Waals surface area contributed by atoms with E-state index in [1.54, 1.807) is 38.9 Å². The minimum absolute atomic E-state index is 0.0215. The zero-order chi connectivity index (χ0) is 28.1. The van der Waals surface area contributed by atoms with Crippen molar-refractivity contribution in [2.45, 2.75) is 39.2 Å². The first-order valence-corrected chi connectivity index (χ1v) is 13.3. The van der Waals surface area contributed by atoms with Crippen LogP contribution in [-0.4, -0.2) is 84.9 Å². The highest BCUT2D eigenvalue weighted by Gasteiger charge is 2.35. The second-order valence-corrected chi connectivity index (χ2v) is 9.86. The molecule has 0 amide bonds. The summed E-state index contributed by atoms with van der Waals surface area (Å²) in [5.41, 5.74) is 2.40. The smallest absolute Gasteiger partial charge is 0.224 e. The molecule has 10 nitrogen and oxygen atoms in total. The number of ether oxygens (including phenoxy) is 3. The molecule has 3 heterocycles. The van der Waals surface area contributed by atoms with Gasteiger partial charge in [0.25, 0.3) is 0 Å². The molecule has 0 fully saturated rings. The highest BCUT2D eigenvalue weighted by molar-refractivity contribution is 7.21. The zero-order valence-electron chi connectivity index (χ0n) is 23.2. The Morgan fingerprint density at radius 1 is 1.00 bits per heavy atom. The molecular formula is C27H40N6O4S. The lowest BCUT2D eigenvalue weighted by molar-refractivity contribution is -0.115. The van der Waals surface area contributed by atoms with Crippen LogP contribution in [-0.2, 0) is 14.2 Å². The van der Waals surface area contributed by atoms with Gasteiger partial charge in [0, 0.05) is 40.6 Å². The van der Waals surface area contributed by atoms with Crippen LogP contribution in [0.2, 0.25) is 0 Å². The standard InChI is InChI=1S/C25H38N6O4S.C2H2/c1-7-18(25(32,14-34-5)15-35-6)8-10-27-22-20(16(2)29-24(31-22)28-12-13-33-4)23-30-21-17(3)26-11-9-19(21)36-23;1-2/h9,11,18,32H,7-8,10,12-15H2,1-6H3,(H2,27,28,29,31);1-2H. The molecular weight excluding hydrogens is 504 g/mol. The second-order valence-electron chi connectivity index (χ2n) is 8.83. The number of fused-ring (bicyclic) bond motifs is 1. The Morgan fingerprint density at radius 2 is 1.71 bits per heavy atom. The Morgan fingerprint density at radius 3 is 2.32 bits per heavy atom. The van der Waals surface area contributed by atoms with Crippen LogP contribution >= 0.6 is 11.3 Å². The third-order valence-electron chi connectivity index (χ3n) is 6.21. The van der Waals surface area contributed by atoms with Crippen LogP contribution < -0.4 is 10.6 Å². The number of aromatic nitrogens is 4. The molecule has 0 bridgehead atoms. The average molecular weight is 545 g/mol. The first-order chi connectivity index (χ1) is 18.4. The molecule has 0 aliphatic carbocycles. The van der Waals surface area contributed by atoms with Gasteiger partial charge in [0.15, 0.2) is 0 Å². The van der Waals surface area contributed by atoms with Crippen molar-refractivity contribution >= 4 is 33.3 Å². The Bertz CT molecular complexity index is 1160. The SMILES string of the molecule is C#C.CCC(CCNc1nc(NCCOC)nc(C)c1-c1nc2c(C)nccc2s1)C(O)(COC)COC. The van der Waals surface area contributed by atoms with Crippen molar-refractivity contribution in [1.82, 2.24) is 19.9 Å². The molecule has 3 aromatic rings. The Labute approximate surface area is 229 Å². The summed E-state index contributed by atoms with van der Waals surface area (Å²) in [5.74, 6) is 1.20. The summed E-state index contributed by atoms with van der Waals surface area (Å²) in [6.07, 6.45) is 11.3. The first kappa shape index (κ1) is 31.3. The largest absolute Gasteiger partial charge is 0.385 e. The van der Waals surface area contributed by atoms with Gasteiger partial charge >= 0.3 is 0 Å². The van der Waals surface area contributed by atoms with Crippen LogP contribution in [0.4, 0.5) is 11.8 Å². The molecule has 0 saturated heterocycles. The van der Waals surface area contributed by atoms with Crippen molar-refractivity contribution in [1.29, 1.82) is 0 Å². The lowest BCUT2D eigenvalue weighted by Crippen LogP contribution is -2.47. The second kappa shape index (κ2) is 15.5. The lowest BCUT2D eigenvalue weighted by Gasteiger charge is -2.34. The maximum Gasteiger partial charge on any atom is 0.224 e. The van der Waals surface area contributed by atoms with E-state index in [0.717, 1.165) is 38.6 Å². The number of anilines is 2. The third kappa shape index (κ3) is 7.82. The van der Waals surface area contributed by atoms with Gasteiger partial charge in [0.05, 0.1) is 41.5 Å². The summed E-state index contributed by atoms with van der Waals surface area (Å²) < 4.78 is 16.8. The number of terminal acetylenes is 1. The molecule has 11 heteroatoms. The highest BCUT2D eigenvalue weighted by atomic mass is 32.1. The third-order valence-corrected chi connectivity index (χ3v) is 7.25. The summed E-state index contributed by atoms with van der Waals surface area (Å²) in [6.45, 7) is 8.16. The highest BCUT2D eigenvalue weighted by Crippen LogP contribution is 2.37. The van der Waals surface area contributed by atoms with Crippen LogP contribution in [0.1, 0.15) is 31.2 Å². The fourth-order valence-electron chi connectivity index (χ4n) is 4.38. The molecule has 38 heavy (non-hydrogen) atoms. The fraction of sp³-hybridized carbons (Fsp3) is 0.556. The fourth-order valence-corrected chi connectivity index (χ4v) is 5.50. The van der Waals surface area contributed by atoms with E-state index in [-0.39, 0.29) is 19.1 Å². The van der Waals surface area contributed by atoms with Crippen molar-refractivity contribution in [2.75, 3.05) is 64.9 Å². The minimum atomic E-state index is -1.06. The number of methoxy groups -OCH3 is 3. The average Bonchev–Trinajstić information content (AvgIpc) is 3.33. The molecule has 0 aliphatic heterocycles. The monoisotopic (exact) mass is 544 g/mol. The molecule has 0 aliphatic rings. The summed E-state index contributed by atoms with van der Waals surface area (Å²) in [5, 5.41) is 18.7. The number of rotatable bonds is 15. The van der Waals surface area contributed by atoms with E-state index in [0.29, 0.717) is 37.9 Å². The summed E-state index contributed by atoms with van der Waals surface area (Å²) >= 11 is 1.60. The Hall–Kier alpha value is -2.88. The molecule has 1 unspecified atom stereocenters. The van der Waals surface area contributed by atoms with Gasteiger partial charge in [0.2, 0.25) is 5.95 Å². The van der Waals surface area contributed by atoms with Crippen molar-refractivity contribution in [3.63, 3.8) is 0 Å². The van der Waals surface area contributed by atoms with Gasteiger partial charge in [-0.25, -0.2) is 9.97 Å². The van der Waals surface area contributed by atoms with Gasteiger partial charge < -0.3 is 30.0 Å². The predicted molar refractivity (Wildman–Crippen MR) is 154 cm³/mol. The number of hydrogen-bond acceptors (Lipinski definition) is 11. The van der Waals surface area contributed by atoms with E-state index in [1.807, 2.05) is 19.9 Å². The minimum Gasteiger partial charge on any atom is -0.385 e. The molecule has 0 aromatic carbocycles. The van der Waals surface area contributed by atoms with Gasteiger partial charge in [-0.05, 0) is 32.3 Å². The molecule has 3 rings (SSSR count). The maximum atomic E-state index is 11.2. The van der Waals surface area contributed by atoms with Crippen molar-refractivity contribution in [2.24, 2.45) is 5.92 Å². The Balaban J connectivity index is 0.00000247. The summed E-state index contributed by atoms with van der Waals surface area (Å²) in [7, 11) is 4.84. The lowest BCUT2D eigenvalue weighted by atomic mass is 9.84. The van der Waals surface area contributed by atoms with E-state index < -0.39 is 5.60 Å². The van der Waals surface area contributed by atoms with E-state index in [9.17, 15) is 5.11 Å². The van der Waals surface area contributed by atoms with Gasteiger partial charge in [0.1, 0.15) is 21.9 Å². The number of hydrogen-bond donors (Lipinski definition) is 3. The van der Waals surface area contributed by atoms with Crippen LogP contribution in [0, 0.1) is 32.6 Å². The molecule has 0 radical (unpaired) electrons. The quantitative estimate of drug-likeness (QED) is 0.192. The number of thiazole rings is 1. The van der Waals surface area contributed by atoms with Crippen molar-refractivity contribution in [3.05, 3.63) is 23.7 Å². The molecule has 0 saturated carbocycles. The van der Waals surface area contributed by atoms with E-state index in [1.165, 1.54) is 0 Å². The number of aryl methyl sites for hydroxylation is 2. The maximum absolute atomic E-state index is 11.2. The van der Waals surface area contributed by atoms with Crippen molar-refractivity contribution < 1.29 is 19.3 Å². The van der Waals surface area contributed by atoms with Crippen LogP contribution in [0.3, 0.4) is 0 Å². The van der Waals surface area contributed by atoms with Gasteiger partial charge in [-0.1, -0.05) is 13.3 Å². The number of pyridine rings is 1. The summed E-state index contributed by atoms with van der Waals surface area (Å²) in [6, 6.07) is 1.98. The molecule has 1 atom stereocenters. The molecule has 3 aromatic heterocycles. The van der Waals surface area contributed by atoms with Crippen LogP contribution in [0.5, 0.6) is 0 Å². The van der Waals surface area contributed by atoms with E-state index in [4.69, 9.17) is 24.2 Å². The van der Waals surface area contributed by atoms with E-state index in [2.05, 4.69) is 40.4 Å². The molecule has 0 spiro atoms. The van der Waals surface area contributed by atoms with Gasteiger partial charge in [-0.3, -0.25) is 4.98 Å². The first-order valence-electron chi connectivity index (χ1n) is 12.5. The van der Waals surface area contributed by atoms with Gasteiger partial charge in [-0.2, -0.15) is 4.98 Å². The van der Waals surface area contributed by atoms with Gasteiger partial charge in [-0.15, -0.1) is 24.2 Å². The van der Waals surface area contributed by atoms with Crippen molar-refractivity contribution in [3.8, 4) is 23.4 Å². The van der Waals surface area contributed by atoms with Crippen LogP contribution in [0.15, 0.2) is 12.3 Å². The summed E-state index contributed by atoms with van der Waals surface area (Å²) in [4.78, 5) is 18.7.